The summed E-state index contributed by atoms with van der Waals surface area (Å²) in [6.45, 7) is 0.521. The van der Waals surface area contributed by atoms with Crippen molar-refractivity contribution < 1.29 is 13.7 Å². The van der Waals surface area contributed by atoms with E-state index in [9.17, 15) is 9.00 Å². The number of hydrogen-bond donors (Lipinski definition) is 1. The summed E-state index contributed by atoms with van der Waals surface area (Å²) in [6.07, 6.45) is 6.02. The number of rotatable bonds is 5. The van der Waals surface area contributed by atoms with E-state index in [2.05, 4.69) is 5.32 Å². The van der Waals surface area contributed by atoms with Gasteiger partial charge in [0.25, 0.3) is 0 Å². The molecule has 23 heavy (non-hydrogen) atoms. The van der Waals surface area contributed by atoms with Crippen LogP contribution in [0, 0.1) is 0 Å². The highest BCUT2D eigenvalue weighted by Crippen LogP contribution is 2.21. The van der Waals surface area contributed by atoms with Crippen molar-refractivity contribution in [1.82, 2.24) is 10.2 Å². The molecule has 1 fully saturated rings. The predicted octanol–water partition coefficient (Wildman–Crippen LogP) is 2.52. The van der Waals surface area contributed by atoms with Gasteiger partial charge in [-0.3, -0.25) is 4.21 Å². The number of carbonyl (C=O) groups is 1. The number of benzene rings is 1. The summed E-state index contributed by atoms with van der Waals surface area (Å²) in [5.41, 5.74) is 1.02. The molecule has 128 valence electrons. The largest absolute Gasteiger partial charge is 0.379 e. The smallest absolute Gasteiger partial charge is 0.317 e. The van der Waals surface area contributed by atoms with Gasteiger partial charge in [0.2, 0.25) is 0 Å². The molecule has 2 amide bonds. The molecule has 0 heterocycles. The molecule has 1 N–H and O–H groups in total. The van der Waals surface area contributed by atoms with Gasteiger partial charge in [-0.25, -0.2) is 4.79 Å². The Morgan fingerprint density at radius 1 is 1.30 bits per heavy atom. The van der Waals surface area contributed by atoms with E-state index in [1.165, 1.54) is 0 Å². The van der Waals surface area contributed by atoms with Crippen molar-refractivity contribution in [3.05, 3.63) is 29.8 Å². The third-order valence-corrected chi connectivity index (χ3v) is 5.27. The van der Waals surface area contributed by atoms with Gasteiger partial charge in [-0.1, -0.05) is 25.0 Å². The highest BCUT2D eigenvalue weighted by atomic mass is 32.2. The second kappa shape index (κ2) is 8.45. The van der Waals surface area contributed by atoms with E-state index < -0.39 is 10.8 Å². The molecule has 2 rings (SSSR count). The first-order valence-corrected chi connectivity index (χ1v) is 9.54. The molecule has 0 spiro atoms. The Morgan fingerprint density at radius 3 is 2.57 bits per heavy atom. The second-order valence-electron chi connectivity index (χ2n) is 6.07. The number of urea groups is 1. The van der Waals surface area contributed by atoms with Crippen LogP contribution in [0.1, 0.15) is 31.2 Å². The maximum Gasteiger partial charge on any atom is 0.317 e. The molecule has 5 nitrogen and oxygen atoms in total. The fourth-order valence-corrected chi connectivity index (χ4v) is 3.46. The van der Waals surface area contributed by atoms with Crippen LogP contribution in [0.25, 0.3) is 0 Å². The zero-order valence-corrected chi connectivity index (χ0v) is 14.9. The minimum absolute atomic E-state index is 0.0814. The van der Waals surface area contributed by atoms with Crippen molar-refractivity contribution in [2.45, 2.75) is 49.3 Å². The maximum atomic E-state index is 12.4. The van der Waals surface area contributed by atoms with Gasteiger partial charge in [0, 0.05) is 42.7 Å². The van der Waals surface area contributed by atoms with E-state index in [-0.39, 0.29) is 18.2 Å². The highest BCUT2D eigenvalue weighted by molar-refractivity contribution is 7.84. The normalized spacial score (nSPS) is 22.4. The molecule has 0 aliphatic heterocycles. The van der Waals surface area contributed by atoms with Crippen molar-refractivity contribution in [3.8, 4) is 0 Å². The number of methoxy groups -OCH3 is 1. The number of nitrogens with one attached hydrogen (secondary N) is 1. The first-order chi connectivity index (χ1) is 11.0. The third-order valence-electron chi connectivity index (χ3n) is 4.34. The molecule has 1 aromatic rings. The molecule has 0 bridgehead atoms. The summed E-state index contributed by atoms with van der Waals surface area (Å²) in [7, 11) is 2.51. The summed E-state index contributed by atoms with van der Waals surface area (Å²) in [5.74, 6) is 0. The molecule has 0 aromatic heterocycles. The highest BCUT2D eigenvalue weighted by Gasteiger charge is 2.27. The summed E-state index contributed by atoms with van der Waals surface area (Å²) in [4.78, 5) is 14.8. The molecular formula is C17H26N2O3S. The van der Waals surface area contributed by atoms with Gasteiger partial charge in [-0.2, -0.15) is 0 Å². The van der Waals surface area contributed by atoms with E-state index in [1.807, 2.05) is 24.3 Å². The van der Waals surface area contributed by atoms with Gasteiger partial charge in [-0.05, 0) is 30.5 Å². The Morgan fingerprint density at radius 2 is 1.96 bits per heavy atom. The topological polar surface area (TPSA) is 58.6 Å². The number of ether oxygens (including phenoxy) is 1. The zero-order chi connectivity index (χ0) is 16.8. The SMILES string of the molecule is CO[C@@H]1CCCC[C@H]1NC(=O)N(C)Cc1ccc([S@](C)=O)cc1. The summed E-state index contributed by atoms with van der Waals surface area (Å²) in [5, 5.41) is 3.08. The van der Waals surface area contributed by atoms with Crippen LogP contribution in [0.4, 0.5) is 4.79 Å². The number of amides is 2. The van der Waals surface area contributed by atoms with E-state index in [1.54, 1.807) is 25.3 Å². The minimum Gasteiger partial charge on any atom is -0.379 e. The van der Waals surface area contributed by atoms with Crippen LogP contribution >= 0.6 is 0 Å². The van der Waals surface area contributed by atoms with Crippen LogP contribution in [0.3, 0.4) is 0 Å². The Hall–Kier alpha value is -1.40. The number of carbonyl (C=O) groups excluding carboxylic acids is 1. The monoisotopic (exact) mass is 338 g/mol. The quantitative estimate of drug-likeness (QED) is 0.897. The minimum atomic E-state index is -0.976. The fourth-order valence-electron chi connectivity index (χ4n) is 2.95. The zero-order valence-electron chi connectivity index (χ0n) is 14.1. The van der Waals surface area contributed by atoms with Crippen molar-refractivity contribution in [3.63, 3.8) is 0 Å². The van der Waals surface area contributed by atoms with Gasteiger partial charge < -0.3 is 15.0 Å². The Bertz CT molecular complexity index is 547. The first-order valence-electron chi connectivity index (χ1n) is 7.98. The number of nitrogens with zero attached hydrogens (tertiary/aromatic N) is 1. The molecule has 0 saturated heterocycles. The lowest BCUT2D eigenvalue weighted by molar-refractivity contribution is 0.0434. The van der Waals surface area contributed by atoms with Crippen molar-refractivity contribution >= 4 is 16.8 Å². The standard InChI is InChI=1S/C17H26N2O3S/c1-19(12-13-8-10-14(11-9-13)23(3)21)17(20)18-15-6-4-5-7-16(15)22-2/h8-11,15-16H,4-7,12H2,1-3H3,(H,18,20)/t15-,16-,23+/m1/s1. The average molecular weight is 338 g/mol. The maximum absolute atomic E-state index is 12.4. The fraction of sp³-hybridized carbons (Fsp3) is 0.588. The van der Waals surface area contributed by atoms with Crippen LogP contribution in [-0.2, 0) is 22.1 Å². The molecule has 6 heteroatoms. The summed E-state index contributed by atoms with van der Waals surface area (Å²) in [6, 6.07) is 7.53. The molecule has 0 unspecified atom stereocenters. The van der Waals surface area contributed by atoms with Crippen molar-refractivity contribution in [1.29, 1.82) is 0 Å². The molecule has 1 aliphatic carbocycles. The van der Waals surface area contributed by atoms with E-state index in [0.29, 0.717) is 6.54 Å². The van der Waals surface area contributed by atoms with Crippen LogP contribution in [0.15, 0.2) is 29.2 Å². The third kappa shape index (κ3) is 5.04. The van der Waals surface area contributed by atoms with Gasteiger partial charge in [0.1, 0.15) is 0 Å². The van der Waals surface area contributed by atoms with Crippen molar-refractivity contribution in [2.75, 3.05) is 20.4 Å². The van der Waals surface area contributed by atoms with Crippen LogP contribution in [0.2, 0.25) is 0 Å². The lowest BCUT2D eigenvalue weighted by atomic mass is 9.92. The van der Waals surface area contributed by atoms with Gasteiger partial charge in [0.05, 0.1) is 12.1 Å². The summed E-state index contributed by atoms with van der Waals surface area (Å²) >= 11 is 0. The molecule has 1 aliphatic rings. The lowest BCUT2D eigenvalue weighted by Gasteiger charge is -2.32. The molecular weight excluding hydrogens is 312 g/mol. The second-order valence-corrected chi connectivity index (χ2v) is 7.45. The first kappa shape index (κ1) is 17.9. The van der Waals surface area contributed by atoms with Crippen LogP contribution in [-0.4, -0.2) is 47.7 Å². The molecule has 1 aromatic carbocycles. The van der Waals surface area contributed by atoms with Gasteiger partial charge >= 0.3 is 6.03 Å². The van der Waals surface area contributed by atoms with Crippen LogP contribution < -0.4 is 5.32 Å². The average Bonchev–Trinajstić information content (AvgIpc) is 2.55. The molecule has 1 saturated carbocycles. The lowest BCUT2D eigenvalue weighted by Crippen LogP contribution is -2.49. The van der Waals surface area contributed by atoms with E-state index >= 15 is 0 Å². The summed E-state index contributed by atoms with van der Waals surface area (Å²) < 4.78 is 16.9. The number of hydrogen-bond acceptors (Lipinski definition) is 3. The Balaban J connectivity index is 1.90. The molecule has 0 radical (unpaired) electrons. The molecule has 3 atom stereocenters. The Kier molecular flexibility index (Phi) is 6.59. The predicted molar refractivity (Wildman–Crippen MR) is 91.8 cm³/mol. The van der Waals surface area contributed by atoms with E-state index in [0.717, 1.165) is 36.1 Å². The Labute approximate surface area is 140 Å². The van der Waals surface area contributed by atoms with Gasteiger partial charge in [0.15, 0.2) is 0 Å². The van der Waals surface area contributed by atoms with E-state index in [4.69, 9.17) is 4.74 Å². The van der Waals surface area contributed by atoms with Gasteiger partial charge in [-0.15, -0.1) is 0 Å². The van der Waals surface area contributed by atoms with Crippen molar-refractivity contribution in [2.24, 2.45) is 0 Å². The van der Waals surface area contributed by atoms with Crippen LogP contribution in [0.5, 0.6) is 0 Å².